The van der Waals surface area contributed by atoms with Crippen molar-refractivity contribution in [1.82, 2.24) is 14.8 Å². The lowest BCUT2D eigenvalue weighted by atomic mass is 10.2. The van der Waals surface area contributed by atoms with Gasteiger partial charge in [0, 0.05) is 12.1 Å². The Morgan fingerprint density at radius 3 is 2.66 bits per heavy atom. The van der Waals surface area contributed by atoms with Crippen LogP contribution in [-0.2, 0) is 4.79 Å². The number of aryl methyl sites for hydroxylation is 2. The molecule has 1 N–H and O–H groups in total. The second kappa shape index (κ2) is 8.62. The number of halogens is 1. The number of nitro groups is 1. The average Bonchev–Trinajstić information content (AvgIpc) is 3.03. The average molecular weight is 432 g/mol. The molecule has 1 atom stereocenters. The zero-order chi connectivity index (χ0) is 21.1. The monoisotopic (exact) mass is 431 g/mol. The van der Waals surface area contributed by atoms with Gasteiger partial charge in [-0.15, -0.1) is 10.2 Å². The van der Waals surface area contributed by atoms with Gasteiger partial charge in [-0.1, -0.05) is 41.6 Å². The van der Waals surface area contributed by atoms with Crippen molar-refractivity contribution in [3.63, 3.8) is 0 Å². The summed E-state index contributed by atoms with van der Waals surface area (Å²) < 4.78 is 1.89. The fraction of sp³-hybridized carbons (Fsp3) is 0.211. The van der Waals surface area contributed by atoms with Gasteiger partial charge >= 0.3 is 0 Å². The molecule has 3 aromatic rings. The summed E-state index contributed by atoms with van der Waals surface area (Å²) in [6, 6.07) is 11.7. The van der Waals surface area contributed by atoms with E-state index < -0.39 is 10.2 Å². The van der Waals surface area contributed by atoms with Crippen molar-refractivity contribution in [2.24, 2.45) is 0 Å². The number of hydrogen-bond donors (Lipinski definition) is 1. The van der Waals surface area contributed by atoms with Gasteiger partial charge in [0.15, 0.2) is 5.16 Å². The molecular weight excluding hydrogens is 414 g/mol. The molecule has 0 aliphatic heterocycles. The molecule has 0 fully saturated rings. The Hall–Kier alpha value is -2.91. The number of nitrogens with zero attached hydrogens (tertiary/aromatic N) is 4. The maximum absolute atomic E-state index is 12.7. The standard InChI is InChI=1S/C19H18ClN5O3S/c1-11-6-4-5-7-17(11)24-13(3)22-23-19(24)29-12(2)18(26)21-16-10-14(25(27)28)8-9-15(16)20/h4-10,12H,1-3H3,(H,21,26). The van der Waals surface area contributed by atoms with E-state index in [4.69, 9.17) is 11.6 Å². The highest BCUT2D eigenvalue weighted by atomic mass is 35.5. The quantitative estimate of drug-likeness (QED) is 0.348. The van der Waals surface area contributed by atoms with Crippen molar-refractivity contribution in [1.29, 1.82) is 0 Å². The topological polar surface area (TPSA) is 103 Å². The molecule has 150 valence electrons. The van der Waals surface area contributed by atoms with Crippen molar-refractivity contribution < 1.29 is 9.72 Å². The van der Waals surface area contributed by atoms with Gasteiger partial charge in [0.1, 0.15) is 5.82 Å². The summed E-state index contributed by atoms with van der Waals surface area (Å²) in [5, 5.41) is 22.2. The summed E-state index contributed by atoms with van der Waals surface area (Å²) >= 11 is 7.30. The SMILES string of the molecule is Cc1ccccc1-n1c(C)nnc1SC(C)C(=O)Nc1cc([N+](=O)[O-])ccc1Cl. The molecular formula is C19H18ClN5O3S. The number of para-hydroxylation sites is 1. The summed E-state index contributed by atoms with van der Waals surface area (Å²) in [4.78, 5) is 23.1. The van der Waals surface area contributed by atoms with Gasteiger partial charge < -0.3 is 5.32 Å². The Morgan fingerprint density at radius 1 is 1.24 bits per heavy atom. The first-order chi connectivity index (χ1) is 13.8. The Kier molecular flexibility index (Phi) is 6.19. The number of nitro benzene ring substituents is 1. The molecule has 0 radical (unpaired) electrons. The minimum Gasteiger partial charge on any atom is -0.324 e. The van der Waals surface area contributed by atoms with Crippen LogP contribution < -0.4 is 5.32 Å². The second-order valence-corrected chi connectivity index (χ2v) is 8.04. The van der Waals surface area contributed by atoms with Crippen molar-refractivity contribution in [2.45, 2.75) is 31.2 Å². The summed E-state index contributed by atoms with van der Waals surface area (Å²) in [6.07, 6.45) is 0. The van der Waals surface area contributed by atoms with Crippen LogP contribution in [0.5, 0.6) is 0 Å². The van der Waals surface area contributed by atoms with Crippen LogP contribution in [0.3, 0.4) is 0 Å². The van der Waals surface area contributed by atoms with Crippen molar-refractivity contribution in [3.05, 3.63) is 69.0 Å². The molecule has 0 spiro atoms. The van der Waals surface area contributed by atoms with Gasteiger partial charge in [0.25, 0.3) is 5.69 Å². The Balaban J connectivity index is 1.81. The van der Waals surface area contributed by atoms with Gasteiger partial charge in [0.05, 0.1) is 26.6 Å². The van der Waals surface area contributed by atoms with Gasteiger partial charge in [-0.3, -0.25) is 19.5 Å². The molecule has 8 nitrogen and oxygen atoms in total. The molecule has 1 unspecified atom stereocenters. The molecule has 3 rings (SSSR count). The molecule has 0 bridgehead atoms. The lowest BCUT2D eigenvalue weighted by Gasteiger charge is -2.15. The largest absolute Gasteiger partial charge is 0.324 e. The lowest BCUT2D eigenvalue weighted by molar-refractivity contribution is -0.384. The van der Waals surface area contributed by atoms with Gasteiger partial charge in [-0.2, -0.15) is 0 Å². The molecule has 0 aliphatic carbocycles. The van der Waals surface area contributed by atoms with Crippen molar-refractivity contribution in [3.8, 4) is 5.69 Å². The van der Waals surface area contributed by atoms with Crippen LogP contribution in [0.2, 0.25) is 5.02 Å². The van der Waals surface area contributed by atoms with E-state index in [9.17, 15) is 14.9 Å². The van der Waals surface area contributed by atoms with E-state index in [1.807, 2.05) is 42.7 Å². The fourth-order valence-corrected chi connectivity index (χ4v) is 3.75. The van der Waals surface area contributed by atoms with E-state index in [1.165, 1.54) is 30.0 Å². The minimum absolute atomic E-state index is 0.153. The highest BCUT2D eigenvalue weighted by molar-refractivity contribution is 8.00. The molecule has 0 saturated carbocycles. The summed E-state index contributed by atoms with van der Waals surface area (Å²) in [5.41, 5.74) is 2.03. The van der Waals surface area contributed by atoms with Crippen molar-refractivity contribution >= 4 is 40.6 Å². The number of hydrogen-bond acceptors (Lipinski definition) is 6. The Morgan fingerprint density at radius 2 is 1.97 bits per heavy atom. The number of aromatic nitrogens is 3. The third kappa shape index (κ3) is 4.57. The van der Waals surface area contributed by atoms with Crippen LogP contribution in [0, 0.1) is 24.0 Å². The number of amides is 1. The maximum atomic E-state index is 12.7. The van der Waals surface area contributed by atoms with E-state index in [0.29, 0.717) is 11.0 Å². The van der Waals surface area contributed by atoms with E-state index in [0.717, 1.165) is 11.3 Å². The third-order valence-electron chi connectivity index (χ3n) is 4.22. The Labute approximate surface area is 176 Å². The molecule has 1 heterocycles. The highest BCUT2D eigenvalue weighted by Gasteiger charge is 2.22. The zero-order valence-electron chi connectivity index (χ0n) is 15.9. The molecule has 2 aromatic carbocycles. The maximum Gasteiger partial charge on any atom is 0.271 e. The molecule has 29 heavy (non-hydrogen) atoms. The van der Waals surface area contributed by atoms with E-state index in [2.05, 4.69) is 15.5 Å². The van der Waals surface area contributed by atoms with Crippen LogP contribution in [0.4, 0.5) is 11.4 Å². The summed E-state index contributed by atoms with van der Waals surface area (Å²) in [6.45, 7) is 5.55. The Bertz CT molecular complexity index is 1090. The first kappa shape index (κ1) is 20.8. The molecule has 10 heteroatoms. The molecule has 1 aromatic heterocycles. The van der Waals surface area contributed by atoms with E-state index in [1.54, 1.807) is 6.92 Å². The van der Waals surface area contributed by atoms with Crippen LogP contribution in [-0.4, -0.2) is 30.8 Å². The predicted octanol–water partition coefficient (Wildman–Crippen LogP) is 4.57. The number of anilines is 1. The number of non-ortho nitro benzene ring substituents is 1. The van der Waals surface area contributed by atoms with Crippen LogP contribution in [0.1, 0.15) is 18.3 Å². The lowest BCUT2D eigenvalue weighted by Crippen LogP contribution is -2.23. The first-order valence-corrected chi connectivity index (χ1v) is 9.93. The minimum atomic E-state index is -0.545. The number of rotatable bonds is 6. The molecule has 1 amide bonds. The number of carbonyl (C=O) groups excluding carboxylic acids is 1. The predicted molar refractivity (Wildman–Crippen MR) is 113 cm³/mol. The zero-order valence-corrected chi connectivity index (χ0v) is 17.5. The number of nitrogens with one attached hydrogen (secondary N) is 1. The van der Waals surface area contributed by atoms with Crippen LogP contribution in [0.25, 0.3) is 5.69 Å². The van der Waals surface area contributed by atoms with E-state index >= 15 is 0 Å². The smallest absolute Gasteiger partial charge is 0.271 e. The number of thioether (sulfide) groups is 1. The third-order valence-corrected chi connectivity index (χ3v) is 5.59. The summed E-state index contributed by atoms with van der Waals surface area (Å²) in [5.74, 6) is 0.352. The molecule has 0 aliphatic rings. The van der Waals surface area contributed by atoms with Crippen LogP contribution >= 0.6 is 23.4 Å². The normalized spacial score (nSPS) is 11.9. The van der Waals surface area contributed by atoms with Crippen LogP contribution in [0.15, 0.2) is 47.6 Å². The van der Waals surface area contributed by atoms with Crippen molar-refractivity contribution in [2.75, 3.05) is 5.32 Å². The first-order valence-electron chi connectivity index (χ1n) is 8.67. The van der Waals surface area contributed by atoms with E-state index in [-0.39, 0.29) is 22.3 Å². The fourth-order valence-electron chi connectivity index (χ4n) is 2.68. The molecule has 0 saturated heterocycles. The highest BCUT2D eigenvalue weighted by Crippen LogP contribution is 2.30. The van der Waals surface area contributed by atoms with Gasteiger partial charge in [-0.25, -0.2) is 0 Å². The summed E-state index contributed by atoms with van der Waals surface area (Å²) in [7, 11) is 0. The second-order valence-electron chi connectivity index (χ2n) is 6.32. The number of carbonyl (C=O) groups is 1. The van der Waals surface area contributed by atoms with Gasteiger partial charge in [-0.05, 0) is 38.5 Å². The number of benzene rings is 2. The van der Waals surface area contributed by atoms with Gasteiger partial charge in [0.2, 0.25) is 5.91 Å².